The number of hydrogen-bond donors (Lipinski definition) is 4. The van der Waals surface area contributed by atoms with Crippen LogP contribution in [0.3, 0.4) is 0 Å². The van der Waals surface area contributed by atoms with Crippen molar-refractivity contribution in [2.24, 2.45) is 0 Å². The fourth-order valence-electron chi connectivity index (χ4n) is 3.33. The summed E-state index contributed by atoms with van der Waals surface area (Å²) in [4.78, 5) is 36.0. The standard InChI is InChI=1S/C17H16O8/c1-6-4-9(7(2)18)12-13-10(8(3)19)5-11(20)16(22,23)17(13,24)25-15(12)14(6)21/h4-5,13,21-24H,1-3H3/t13-,17+/m0/s1. The van der Waals surface area contributed by atoms with Crippen LogP contribution in [-0.2, 0) is 9.59 Å². The van der Waals surface area contributed by atoms with Crippen LogP contribution in [-0.4, -0.2) is 49.4 Å². The third kappa shape index (κ3) is 2.02. The molecule has 1 aliphatic carbocycles. The molecule has 1 aromatic carbocycles. The normalized spacial score (nSPS) is 26.4. The molecule has 8 heteroatoms. The molecule has 0 aromatic heterocycles. The molecule has 25 heavy (non-hydrogen) atoms. The third-order valence-corrected chi connectivity index (χ3v) is 4.65. The van der Waals surface area contributed by atoms with Gasteiger partial charge in [-0.2, -0.15) is 0 Å². The highest BCUT2D eigenvalue weighted by atomic mass is 16.7. The number of carbonyl (C=O) groups is 3. The average molecular weight is 348 g/mol. The molecule has 2 aliphatic rings. The van der Waals surface area contributed by atoms with Crippen LogP contribution in [0.4, 0.5) is 0 Å². The molecular formula is C17H16O8. The Kier molecular flexibility index (Phi) is 3.44. The molecule has 0 bridgehead atoms. The minimum atomic E-state index is -3.37. The van der Waals surface area contributed by atoms with E-state index in [4.69, 9.17) is 4.74 Å². The van der Waals surface area contributed by atoms with Gasteiger partial charge in [0.25, 0.3) is 11.6 Å². The fourth-order valence-corrected chi connectivity index (χ4v) is 3.33. The second-order valence-corrected chi connectivity index (χ2v) is 6.31. The van der Waals surface area contributed by atoms with Crippen molar-refractivity contribution < 1.29 is 39.5 Å². The monoisotopic (exact) mass is 348 g/mol. The van der Waals surface area contributed by atoms with Crippen molar-refractivity contribution in [3.63, 3.8) is 0 Å². The van der Waals surface area contributed by atoms with Crippen LogP contribution in [0, 0.1) is 6.92 Å². The van der Waals surface area contributed by atoms with E-state index in [1.165, 1.54) is 19.9 Å². The smallest absolute Gasteiger partial charge is 0.296 e. The Morgan fingerprint density at radius 3 is 2.28 bits per heavy atom. The lowest BCUT2D eigenvalue weighted by atomic mass is 9.72. The van der Waals surface area contributed by atoms with Crippen molar-refractivity contribution in [3.8, 4) is 11.5 Å². The quantitative estimate of drug-likeness (QED) is 0.427. The highest BCUT2D eigenvalue weighted by Gasteiger charge is 2.69. The van der Waals surface area contributed by atoms with Crippen molar-refractivity contribution in [1.82, 2.24) is 0 Å². The SMILES string of the molecule is CC(=O)C1=CC(=O)C(O)(O)[C@]2(O)Oc3c(O)c(C)cc(C(C)=O)c3[C@H]12. The van der Waals surface area contributed by atoms with Gasteiger partial charge in [-0.15, -0.1) is 0 Å². The van der Waals surface area contributed by atoms with Gasteiger partial charge in [-0.05, 0) is 38.5 Å². The zero-order valence-corrected chi connectivity index (χ0v) is 13.7. The van der Waals surface area contributed by atoms with E-state index < -0.39 is 40.6 Å². The summed E-state index contributed by atoms with van der Waals surface area (Å²) in [6.45, 7) is 3.84. The van der Waals surface area contributed by atoms with Gasteiger partial charge in [-0.25, -0.2) is 0 Å². The second kappa shape index (κ2) is 4.98. The summed E-state index contributed by atoms with van der Waals surface area (Å²) in [5, 5.41) is 41.3. The number of aliphatic hydroxyl groups is 3. The van der Waals surface area contributed by atoms with E-state index in [0.29, 0.717) is 6.08 Å². The van der Waals surface area contributed by atoms with Gasteiger partial charge in [0.15, 0.2) is 23.1 Å². The molecule has 132 valence electrons. The maximum absolute atomic E-state index is 12.0. The van der Waals surface area contributed by atoms with Gasteiger partial charge in [-0.3, -0.25) is 14.4 Å². The van der Waals surface area contributed by atoms with Crippen LogP contribution in [0.1, 0.15) is 41.3 Å². The van der Waals surface area contributed by atoms with Crippen molar-refractivity contribution >= 4 is 17.3 Å². The minimum absolute atomic E-state index is 0.0310. The maximum atomic E-state index is 12.0. The molecule has 0 saturated heterocycles. The lowest BCUT2D eigenvalue weighted by molar-refractivity contribution is -0.322. The maximum Gasteiger partial charge on any atom is 0.296 e. The zero-order chi connectivity index (χ0) is 18.9. The molecule has 0 saturated carbocycles. The van der Waals surface area contributed by atoms with Gasteiger partial charge in [-0.1, -0.05) is 0 Å². The minimum Gasteiger partial charge on any atom is -0.504 e. The molecule has 1 aromatic rings. The van der Waals surface area contributed by atoms with Gasteiger partial charge in [0.05, 0.1) is 5.92 Å². The lowest BCUT2D eigenvalue weighted by Gasteiger charge is -2.41. The summed E-state index contributed by atoms with van der Waals surface area (Å²) in [7, 11) is 0. The second-order valence-electron chi connectivity index (χ2n) is 6.31. The zero-order valence-electron chi connectivity index (χ0n) is 13.7. The summed E-state index contributed by atoms with van der Waals surface area (Å²) in [5.74, 6) is -11.1. The first kappa shape index (κ1) is 17.3. The molecule has 8 nitrogen and oxygen atoms in total. The van der Waals surface area contributed by atoms with Crippen molar-refractivity contribution in [1.29, 1.82) is 0 Å². The fraction of sp³-hybridized carbons (Fsp3) is 0.353. The summed E-state index contributed by atoms with van der Waals surface area (Å²) in [6, 6.07) is 1.34. The number of benzene rings is 1. The van der Waals surface area contributed by atoms with Crippen LogP contribution in [0.5, 0.6) is 11.5 Å². The van der Waals surface area contributed by atoms with Crippen LogP contribution >= 0.6 is 0 Å². The number of ketones is 3. The van der Waals surface area contributed by atoms with E-state index in [2.05, 4.69) is 0 Å². The van der Waals surface area contributed by atoms with E-state index in [1.54, 1.807) is 0 Å². The number of phenols is 1. The Hall–Kier alpha value is -2.55. The molecule has 0 fully saturated rings. The summed E-state index contributed by atoms with van der Waals surface area (Å²) < 4.78 is 5.21. The molecule has 0 spiro atoms. The van der Waals surface area contributed by atoms with Crippen LogP contribution < -0.4 is 4.74 Å². The number of phenolic OH excluding ortho intramolecular Hbond substituents is 1. The van der Waals surface area contributed by atoms with E-state index in [9.17, 15) is 34.8 Å². The van der Waals surface area contributed by atoms with Crippen LogP contribution in [0.2, 0.25) is 0 Å². The number of rotatable bonds is 2. The number of aryl methyl sites for hydroxylation is 1. The average Bonchev–Trinajstić information content (AvgIpc) is 2.82. The van der Waals surface area contributed by atoms with Gasteiger partial charge in [0.2, 0.25) is 5.78 Å². The highest BCUT2D eigenvalue weighted by molar-refractivity contribution is 6.09. The first-order chi connectivity index (χ1) is 11.4. The molecule has 4 N–H and O–H groups in total. The lowest BCUT2D eigenvalue weighted by Crippen LogP contribution is -2.66. The highest BCUT2D eigenvalue weighted by Crippen LogP contribution is 2.58. The summed E-state index contributed by atoms with van der Waals surface area (Å²) in [5.41, 5.74) is -0.0499. The van der Waals surface area contributed by atoms with Crippen molar-refractivity contribution in [3.05, 3.63) is 34.4 Å². The number of Topliss-reactive ketones (excluding diaryl/α,β-unsaturated/α-hetero) is 2. The first-order valence-corrected chi connectivity index (χ1v) is 7.44. The largest absolute Gasteiger partial charge is 0.504 e. The Labute approximate surface area is 142 Å². The number of aromatic hydroxyl groups is 1. The van der Waals surface area contributed by atoms with E-state index >= 15 is 0 Å². The summed E-state index contributed by atoms with van der Waals surface area (Å²) in [6.07, 6.45) is 0.709. The number of hydrogen-bond acceptors (Lipinski definition) is 8. The number of ether oxygens (including phenoxy) is 1. The molecule has 0 unspecified atom stereocenters. The van der Waals surface area contributed by atoms with E-state index in [-0.39, 0.29) is 28.0 Å². The van der Waals surface area contributed by atoms with Crippen LogP contribution in [0.15, 0.2) is 17.7 Å². The third-order valence-electron chi connectivity index (χ3n) is 4.65. The van der Waals surface area contributed by atoms with Gasteiger partial charge in [0.1, 0.15) is 0 Å². The van der Waals surface area contributed by atoms with Crippen LogP contribution in [0.25, 0.3) is 0 Å². The molecular weight excluding hydrogens is 332 g/mol. The molecule has 1 aliphatic heterocycles. The molecule has 0 radical (unpaired) electrons. The Balaban J connectivity index is 2.43. The van der Waals surface area contributed by atoms with E-state index in [0.717, 1.165) is 6.92 Å². The predicted octanol–water partition coefficient (Wildman–Crippen LogP) is -0.153. The van der Waals surface area contributed by atoms with Gasteiger partial charge >= 0.3 is 0 Å². The van der Waals surface area contributed by atoms with Crippen molar-refractivity contribution in [2.45, 2.75) is 38.3 Å². The van der Waals surface area contributed by atoms with Gasteiger partial charge < -0.3 is 25.2 Å². The predicted molar refractivity (Wildman–Crippen MR) is 82.1 cm³/mol. The first-order valence-electron chi connectivity index (χ1n) is 7.44. The Morgan fingerprint density at radius 1 is 1.16 bits per heavy atom. The summed E-state index contributed by atoms with van der Waals surface area (Å²) >= 11 is 0. The molecule has 1 heterocycles. The van der Waals surface area contributed by atoms with Crippen molar-refractivity contribution in [2.75, 3.05) is 0 Å². The number of carbonyl (C=O) groups excluding carboxylic acids is 3. The van der Waals surface area contributed by atoms with E-state index in [1.807, 2.05) is 0 Å². The molecule has 0 amide bonds. The van der Waals surface area contributed by atoms with Gasteiger partial charge in [0, 0.05) is 16.7 Å². The Morgan fingerprint density at radius 2 is 1.76 bits per heavy atom. The topological polar surface area (TPSA) is 141 Å². The molecule has 2 atom stereocenters. The number of fused-ring (bicyclic) bond motifs is 3. The molecule has 3 rings (SSSR count). The Bertz CT molecular complexity index is 879.